The van der Waals surface area contributed by atoms with Crippen LogP contribution in [0.5, 0.6) is 0 Å². The third-order valence-electron chi connectivity index (χ3n) is 3.74. The Kier molecular flexibility index (Phi) is 3.33. The zero-order chi connectivity index (χ0) is 13.4. The highest BCUT2D eigenvalue weighted by molar-refractivity contribution is 6.32. The van der Waals surface area contributed by atoms with Crippen molar-refractivity contribution in [2.24, 2.45) is 0 Å². The van der Waals surface area contributed by atoms with Gasteiger partial charge in [0.2, 0.25) is 0 Å². The summed E-state index contributed by atoms with van der Waals surface area (Å²) in [5, 5.41) is 10.2. The maximum Gasteiger partial charge on any atom is 0.0998 e. The molecule has 1 heterocycles. The van der Waals surface area contributed by atoms with E-state index < -0.39 is 6.10 Å². The molecule has 1 N–H and O–H groups in total. The van der Waals surface area contributed by atoms with Gasteiger partial charge in [-0.15, -0.1) is 0 Å². The molecule has 0 spiro atoms. The summed E-state index contributed by atoms with van der Waals surface area (Å²) < 4.78 is 2.09. The van der Waals surface area contributed by atoms with Crippen LogP contribution >= 0.6 is 11.6 Å². The van der Waals surface area contributed by atoms with E-state index in [1.54, 1.807) is 6.92 Å². The molecule has 0 saturated heterocycles. The van der Waals surface area contributed by atoms with Crippen molar-refractivity contribution in [3.05, 3.63) is 46.5 Å². The normalized spacial score (nSPS) is 16.2. The molecule has 0 radical (unpaired) electrons. The molecule has 1 aromatic carbocycles. The van der Waals surface area contributed by atoms with Gasteiger partial charge in [0, 0.05) is 5.69 Å². The van der Waals surface area contributed by atoms with Gasteiger partial charge in [0.25, 0.3) is 0 Å². The quantitative estimate of drug-likeness (QED) is 0.912. The maximum atomic E-state index is 9.58. The molecule has 3 rings (SSSR count). The van der Waals surface area contributed by atoms with E-state index in [0.717, 1.165) is 24.1 Å². The van der Waals surface area contributed by atoms with Gasteiger partial charge in [0.1, 0.15) is 0 Å². The third kappa shape index (κ3) is 2.28. The minimum atomic E-state index is -0.497. The van der Waals surface area contributed by atoms with Gasteiger partial charge in [-0.25, -0.2) is 4.98 Å². The summed E-state index contributed by atoms with van der Waals surface area (Å²) in [6.07, 6.45) is 5.92. The second-order valence-electron chi connectivity index (χ2n) is 5.10. The number of nitrogens with zero attached hydrogens (tertiary/aromatic N) is 2. The average molecular weight is 277 g/mol. The van der Waals surface area contributed by atoms with Crippen LogP contribution in [0.15, 0.2) is 24.5 Å². The summed E-state index contributed by atoms with van der Waals surface area (Å²) in [5.41, 5.74) is 4.25. The molecular weight excluding hydrogens is 260 g/mol. The van der Waals surface area contributed by atoms with Gasteiger partial charge in [0.15, 0.2) is 0 Å². The van der Waals surface area contributed by atoms with Gasteiger partial charge in [-0.3, -0.25) is 0 Å². The number of aromatic nitrogens is 2. The van der Waals surface area contributed by atoms with Crippen LogP contribution in [0, 0.1) is 0 Å². The Morgan fingerprint density at radius 2 is 2.11 bits per heavy atom. The lowest BCUT2D eigenvalue weighted by Crippen LogP contribution is -2.07. The molecule has 1 aliphatic carbocycles. The molecule has 0 aliphatic heterocycles. The first-order valence-electron chi connectivity index (χ1n) is 6.70. The number of aliphatic hydroxyl groups is 1. The first kappa shape index (κ1) is 12.7. The molecule has 1 aromatic heterocycles. The van der Waals surface area contributed by atoms with Crippen LogP contribution in [0.25, 0.3) is 5.69 Å². The van der Waals surface area contributed by atoms with Crippen molar-refractivity contribution in [1.29, 1.82) is 0 Å². The van der Waals surface area contributed by atoms with E-state index in [4.69, 9.17) is 11.6 Å². The second-order valence-corrected chi connectivity index (χ2v) is 5.51. The highest BCUT2D eigenvalue weighted by Crippen LogP contribution is 2.29. The number of hydrogen-bond donors (Lipinski definition) is 1. The predicted molar refractivity (Wildman–Crippen MR) is 75.8 cm³/mol. The van der Waals surface area contributed by atoms with Crippen LogP contribution in [-0.4, -0.2) is 14.7 Å². The van der Waals surface area contributed by atoms with E-state index >= 15 is 0 Å². The van der Waals surface area contributed by atoms with Crippen molar-refractivity contribution in [3.8, 4) is 5.69 Å². The SMILES string of the molecule is C[C@@H](O)c1ccc(-n2cnc3c2CCCC3)c(Cl)c1. The van der Waals surface area contributed by atoms with Gasteiger partial charge in [-0.05, 0) is 50.3 Å². The molecule has 3 nitrogen and oxygen atoms in total. The fourth-order valence-electron chi connectivity index (χ4n) is 2.66. The lowest BCUT2D eigenvalue weighted by atomic mass is 10.0. The van der Waals surface area contributed by atoms with E-state index in [1.807, 2.05) is 24.5 Å². The molecule has 1 atom stereocenters. The number of hydrogen-bond acceptors (Lipinski definition) is 2. The number of aryl methyl sites for hydroxylation is 1. The molecule has 0 saturated carbocycles. The standard InChI is InChI=1S/C15H17ClN2O/c1-10(19)11-6-7-14(12(16)8-11)18-9-17-13-4-2-3-5-15(13)18/h6-10,19H,2-5H2,1H3/t10-/m1/s1. The Balaban J connectivity index is 2.05. The van der Waals surface area contributed by atoms with Gasteiger partial charge < -0.3 is 9.67 Å². The number of rotatable bonds is 2. The molecule has 0 unspecified atom stereocenters. The molecule has 4 heteroatoms. The summed E-state index contributed by atoms with van der Waals surface area (Å²) in [6.45, 7) is 1.74. The lowest BCUT2D eigenvalue weighted by Gasteiger charge is -2.16. The fourth-order valence-corrected chi connectivity index (χ4v) is 2.94. The van der Waals surface area contributed by atoms with Crippen molar-refractivity contribution in [3.63, 3.8) is 0 Å². The van der Waals surface area contributed by atoms with Gasteiger partial charge in [0.05, 0.1) is 28.8 Å². The topological polar surface area (TPSA) is 38.0 Å². The second kappa shape index (κ2) is 4.99. The Morgan fingerprint density at radius 1 is 1.32 bits per heavy atom. The molecule has 0 fully saturated rings. The highest BCUT2D eigenvalue weighted by Gasteiger charge is 2.17. The summed E-state index contributed by atoms with van der Waals surface area (Å²) in [7, 11) is 0. The Labute approximate surface area is 117 Å². The van der Waals surface area contributed by atoms with Crippen molar-refractivity contribution >= 4 is 11.6 Å². The highest BCUT2D eigenvalue weighted by atomic mass is 35.5. The maximum absolute atomic E-state index is 9.58. The Bertz CT molecular complexity index is 604. The third-order valence-corrected chi connectivity index (χ3v) is 4.05. The Morgan fingerprint density at radius 3 is 2.84 bits per heavy atom. The van der Waals surface area contributed by atoms with Gasteiger partial charge >= 0.3 is 0 Å². The van der Waals surface area contributed by atoms with Crippen LogP contribution in [0.2, 0.25) is 5.02 Å². The summed E-state index contributed by atoms with van der Waals surface area (Å²) in [6, 6.07) is 5.71. The van der Waals surface area contributed by atoms with Gasteiger partial charge in [-0.2, -0.15) is 0 Å². The van der Waals surface area contributed by atoms with E-state index in [1.165, 1.54) is 24.2 Å². The first-order valence-corrected chi connectivity index (χ1v) is 7.07. The number of halogens is 1. The van der Waals surface area contributed by atoms with Gasteiger partial charge in [-0.1, -0.05) is 17.7 Å². The van der Waals surface area contributed by atoms with E-state index in [0.29, 0.717) is 5.02 Å². The van der Waals surface area contributed by atoms with Crippen LogP contribution in [-0.2, 0) is 12.8 Å². The minimum Gasteiger partial charge on any atom is -0.389 e. The molecule has 2 aromatic rings. The van der Waals surface area contributed by atoms with Crippen LogP contribution in [0.3, 0.4) is 0 Å². The van der Waals surface area contributed by atoms with Crippen molar-refractivity contribution in [2.45, 2.75) is 38.7 Å². The molecule has 0 bridgehead atoms. The predicted octanol–water partition coefficient (Wildman–Crippen LogP) is 3.46. The molecule has 100 valence electrons. The summed E-state index contributed by atoms with van der Waals surface area (Å²) in [4.78, 5) is 4.49. The zero-order valence-electron chi connectivity index (χ0n) is 10.9. The van der Waals surface area contributed by atoms with Crippen LogP contribution in [0.4, 0.5) is 0 Å². The van der Waals surface area contributed by atoms with E-state index in [9.17, 15) is 5.11 Å². The fraction of sp³-hybridized carbons (Fsp3) is 0.400. The summed E-state index contributed by atoms with van der Waals surface area (Å²) >= 11 is 6.35. The Hall–Kier alpha value is -1.32. The van der Waals surface area contributed by atoms with Crippen LogP contribution in [0.1, 0.15) is 42.8 Å². The van der Waals surface area contributed by atoms with Crippen molar-refractivity contribution in [1.82, 2.24) is 9.55 Å². The minimum absolute atomic E-state index is 0.497. The van der Waals surface area contributed by atoms with E-state index in [2.05, 4.69) is 9.55 Å². The molecule has 0 amide bonds. The number of imidazole rings is 1. The largest absolute Gasteiger partial charge is 0.389 e. The zero-order valence-corrected chi connectivity index (χ0v) is 11.7. The van der Waals surface area contributed by atoms with E-state index in [-0.39, 0.29) is 0 Å². The average Bonchev–Trinajstić information content (AvgIpc) is 2.82. The molecular formula is C15H17ClN2O. The smallest absolute Gasteiger partial charge is 0.0998 e. The van der Waals surface area contributed by atoms with Crippen LogP contribution < -0.4 is 0 Å². The molecule has 19 heavy (non-hydrogen) atoms. The number of fused-ring (bicyclic) bond motifs is 1. The first-order chi connectivity index (χ1) is 9.16. The number of benzene rings is 1. The number of aliphatic hydroxyl groups excluding tert-OH is 1. The summed E-state index contributed by atoms with van der Waals surface area (Å²) in [5.74, 6) is 0. The van der Waals surface area contributed by atoms with Crippen molar-refractivity contribution < 1.29 is 5.11 Å². The van der Waals surface area contributed by atoms with Crippen molar-refractivity contribution in [2.75, 3.05) is 0 Å². The monoisotopic (exact) mass is 276 g/mol. The lowest BCUT2D eigenvalue weighted by molar-refractivity contribution is 0.199. The molecule has 1 aliphatic rings.